The van der Waals surface area contributed by atoms with Gasteiger partial charge in [-0.15, -0.1) is 0 Å². The molecule has 29 heavy (non-hydrogen) atoms. The molecule has 0 saturated heterocycles. The molecule has 1 aromatic heterocycles. The minimum atomic E-state index is -0.460. The third kappa shape index (κ3) is 2.72. The fraction of sp³-hybridized carbons (Fsp3) is 0.440. The van der Waals surface area contributed by atoms with Gasteiger partial charge in [0, 0.05) is 22.8 Å². The van der Waals surface area contributed by atoms with E-state index in [4.69, 9.17) is 0 Å². The van der Waals surface area contributed by atoms with E-state index < -0.39 is 5.82 Å². The first-order chi connectivity index (χ1) is 13.8. The van der Waals surface area contributed by atoms with E-state index in [2.05, 4.69) is 13.8 Å². The van der Waals surface area contributed by atoms with Crippen LogP contribution in [0.5, 0.6) is 5.75 Å². The molecule has 2 saturated carbocycles. The summed E-state index contributed by atoms with van der Waals surface area (Å²) >= 11 is 0. The number of phenolic OH excluding ortho intramolecular Hbond substituents is 1. The van der Waals surface area contributed by atoms with Crippen molar-refractivity contribution in [1.29, 1.82) is 0 Å². The molecule has 2 fully saturated rings. The average Bonchev–Trinajstić information content (AvgIpc) is 2.90. The zero-order chi connectivity index (χ0) is 20.5. The summed E-state index contributed by atoms with van der Waals surface area (Å²) in [4.78, 5) is 0. The fourth-order valence-corrected chi connectivity index (χ4v) is 5.71. The summed E-state index contributed by atoms with van der Waals surface area (Å²) in [6.07, 6.45) is 6.21. The molecular weight excluding hydrogens is 368 g/mol. The van der Waals surface area contributed by atoms with Crippen LogP contribution in [0.15, 0.2) is 30.3 Å². The molecule has 2 aromatic carbocycles. The van der Waals surface area contributed by atoms with Gasteiger partial charge in [0.25, 0.3) is 0 Å². The van der Waals surface area contributed by atoms with Crippen LogP contribution in [0, 0.1) is 24.0 Å². The summed E-state index contributed by atoms with van der Waals surface area (Å²) in [6, 6.07) is 7.73. The highest BCUT2D eigenvalue weighted by Gasteiger charge is 2.50. The summed E-state index contributed by atoms with van der Waals surface area (Å²) < 4.78 is 30.3. The quantitative estimate of drug-likeness (QED) is 0.503. The summed E-state index contributed by atoms with van der Waals surface area (Å²) in [7, 11) is 0. The standard InChI is InChI=1S/C25H27F2NO/c1-14(2)24-22(16-12-25(13-16)7-4-8-25)23-20(10-17(26)11-21(23)29)28(24)18-5-6-19(27)15(3)9-18/h5-6,9-11,14,16,29H,4,7-8,12-13H2,1-3H3. The highest BCUT2D eigenvalue weighted by molar-refractivity contribution is 5.93. The molecule has 0 atom stereocenters. The SMILES string of the molecule is Cc1cc(-n2c(C(C)C)c(C3CC4(CCC4)C3)c3c(O)cc(F)cc32)ccc1F. The zero-order valence-corrected chi connectivity index (χ0v) is 17.2. The predicted molar refractivity (Wildman–Crippen MR) is 112 cm³/mol. The topological polar surface area (TPSA) is 25.2 Å². The number of nitrogens with zero attached hydrogens (tertiary/aromatic N) is 1. The minimum Gasteiger partial charge on any atom is -0.507 e. The molecule has 0 bridgehead atoms. The monoisotopic (exact) mass is 395 g/mol. The van der Waals surface area contributed by atoms with Gasteiger partial charge < -0.3 is 9.67 Å². The van der Waals surface area contributed by atoms with Gasteiger partial charge in [-0.25, -0.2) is 8.78 Å². The van der Waals surface area contributed by atoms with Crippen molar-refractivity contribution in [3.8, 4) is 11.4 Å². The second-order valence-corrected chi connectivity index (χ2v) is 9.50. The average molecular weight is 395 g/mol. The molecule has 2 aliphatic rings. The van der Waals surface area contributed by atoms with Gasteiger partial charge in [-0.1, -0.05) is 20.3 Å². The van der Waals surface area contributed by atoms with E-state index in [0.717, 1.165) is 35.2 Å². The van der Waals surface area contributed by atoms with Crippen molar-refractivity contribution in [2.45, 2.75) is 64.7 Å². The van der Waals surface area contributed by atoms with Crippen LogP contribution in [0.4, 0.5) is 8.78 Å². The molecule has 0 amide bonds. The highest BCUT2D eigenvalue weighted by atomic mass is 19.1. The van der Waals surface area contributed by atoms with Gasteiger partial charge >= 0.3 is 0 Å². The highest BCUT2D eigenvalue weighted by Crippen LogP contribution is 2.64. The molecule has 0 unspecified atom stereocenters. The van der Waals surface area contributed by atoms with Crippen molar-refractivity contribution >= 4 is 10.9 Å². The van der Waals surface area contributed by atoms with Gasteiger partial charge in [0.15, 0.2) is 0 Å². The van der Waals surface area contributed by atoms with Gasteiger partial charge in [-0.05, 0) is 85.3 Å². The summed E-state index contributed by atoms with van der Waals surface area (Å²) in [5.41, 5.74) is 4.79. The minimum absolute atomic E-state index is 0.00374. The lowest BCUT2D eigenvalue weighted by Crippen LogP contribution is -2.41. The Morgan fingerprint density at radius 1 is 1.10 bits per heavy atom. The largest absolute Gasteiger partial charge is 0.507 e. The van der Waals surface area contributed by atoms with Crippen molar-refractivity contribution in [1.82, 2.24) is 4.57 Å². The first-order valence-electron chi connectivity index (χ1n) is 10.6. The van der Waals surface area contributed by atoms with Gasteiger partial charge in [0.1, 0.15) is 17.4 Å². The summed E-state index contributed by atoms with van der Waals surface area (Å²) in [5.74, 6) is -0.142. The lowest BCUT2D eigenvalue weighted by molar-refractivity contribution is 0.00906. The van der Waals surface area contributed by atoms with E-state index in [1.807, 2.05) is 4.57 Å². The molecule has 2 nitrogen and oxygen atoms in total. The Bertz CT molecular complexity index is 1120. The van der Waals surface area contributed by atoms with Crippen LogP contribution in [0.3, 0.4) is 0 Å². The number of aromatic nitrogens is 1. The number of aromatic hydroxyl groups is 1. The Kier molecular flexibility index (Phi) is 4.06. The maximum atomic E-state index is 14.3. The third-order valence-electron chi connectivity index (χ3n) is 7.22. The van der Waals surface area contributed by atoms with Gasteiger partial charge in [-0.3, -0.25) is 0 Å². The van der Waals surface area contributed by atoms with E-state index in [1.54, 1.807) is 19.1 Å². The van der Waals surface area contributed by atoms with Crippen LogP contribution in [0.2, 0.25) is 0 Å². The lowest BCUT2D eigenvalue weighted by Gasteiger charge is -2.54. The number of aryl methyl sites for hydroxylation is 1. The van der Waals surface area contributed by atoms with Crippen molar-refractivity contribution in [3.05, 3.63) is 58.8 Å². The van der Waals surface area contributed by atoms with E-state index in [1.165, 1.54) is 37.5 Å². The van der Waals surface area contributed by atoms with Crippen molar-refractivity contribution in [2.75, 3.05) is 0 Å². The maximum Gasteiger partial charge on any atom is 0.129 e. The fourth-order valence-electron chi connectivity index (χ4n) is 5.71. The van der Waals surface area contributed by atoms with Crippen LogP contribution in [-0.4, -0.2) is 9.67 Å². The molecule has 4 heteroatoms. The Balaban J connectivity index is 1.79. The number of phenols is 1. The third-order valence-corrected chi connectivity index (χ3v) is 7.22. The normalized spacial score (nSPS) is 18.4. The molecule has 1 heterocycles. The molecule has 1 spiro atoms. The Hall–Kier alpha value is -2.36. The first kappa shape index (κ1) is 18.7. The number of benzene rings is 2. The number of hydrogen-bond acceptors (Lipinski definition) is 1. The van der Waals surface area contributed by atoms with E-state index in [0.29, 0.717) is 22.4 Å². The molecule has 2 aliphatic carbocycles. The summed E-state index contributed by atoms with van der Waals surface area (Å²) in [6.45, 7) is 6.01. The van der Waals surface area contributed by atoms with Crippen LogP contribution >= 0.6 is 0 Å². The predicted octanol–water partition coefficient (Wildman–Crippen LogP) is 7.09. The van der Waals surface area contributed by atoms with Gasteiger partial charge in [-0.2, -0.15) is 0 Å². The van der Waals surface area contributed by atoms with E-state index in [-0.39, 0.29) is 17.5 Å². The number of fused-ring (bicyclic) bond motifs is 1. The molecule has 0 radical (unpaired) electrons. The van der Waals surface area contributed by atoms with Crippen molar-refractivity contribution in [2.24, 2.45) is 5.41 Å². The molecule has 0 aliphatic heterocycles. The molecule has 5 rings (SSSR count). The molecular formula is C25H27F2NO. The smallest absolute Gasteiger partial charge is 0.129 e. The number of halogens is 2. The van der Waals surface area contributed by atoms with Gasteiger partial charge in [0.05, 0.1) is 5.52 Å². The zero-order valence-electron chi connectivity index (χ0n) is 17.2. The van der Waals surface area contributed by atoms with Gasteiger partial charge in [0.2, 0.25) is 0 Å². The summed E-state index contributed by atoms with van der Waals surface area (Å²) in [5, 5.41) is 11.5. The van der Waals surface area contributed by atoms with Crippen LogP contribution in [0.25, 0.3) is 16.6 Å². The van der Waals surface area contributed by atoms with Crippen molar-refractivity contribution in [3.63, 3.8) is 0 Å². The number of rotatable bonds is 3. The van der Waals surface area contributed by atoms with Crippen LogP contribution in [0.1, 0.15) is 74.6 Å². The van der Waals surface area contributed by atoms with Crippen molar-refractivity contribution < 1.29 is 13.9 Å². The maximum absolute atomic E-state index is 14.3. The van der Waals surface area contributed by atoms with E-state index in [9.17, 15) is 13.9 Å². The van der Waals surface area contributed by atoms with Crippen LogP contribution < -0.4 is 0 Å². The first-order valence-corrected chi connectivity index (χ1v) is 10.6. The molecule has 1 N–H and O–H groups in total. The Labute approximate surface area is 170 Å². The second-order valence-electron chi connectivity index (χ2n) is 9.50. The molecule has 3 aromatic rings. The molecule has 152 valence electrons. The lowest BCUT2D eigenvalue weighted by atomic mass is 9.50. The van der Waals surface area contributed by atoms with E-state index >= 15 is 0 Å². The van der Waals surface area contributed by atoms with Crippen LogP contribution in [-0.2, 0) is 0 Å². The Morgan fingerprint density at radius 3 is 2.41 bits per heavy atom. The Morgan fingerprint density at radius 2 is 1.83 bits per heavy atom. The second kappa shape index (κ2) is 6.32. The number of hydrogen-bond donors (Lipinski definition) is 1.